The van der Waals surface area contributed by atoms with Crippen LogP contribution in [-0.2, 0) is 14.4 Å². The molecule has 1 N–H and O–H groups in total. The number of nitrogens with zero attached hydrogens (tertiary/aromatic N) is 1. The Morgan fingerprint density at radius 2 is 1.80 bits per heavy atom. The van der Waals surface area contributed by atoms with Crippen LogP contribution in [0.15, 0.2) is 12.2 Å². The van der Waals surface area contributed by atoms with E-state index < -0.39 is 0 Å². The number of amides is 3. The molecule has 0 saturated carbocycles. The summed E-state index contributed by atoms with van der Waals surface area (Å²) in [6.07, 6.45) is 6.00. The van der Waals surface area contributed by atoms with E-state index in [9.17, 15) is 14.4 Å². The van der Waals surface area contributed by atoms with E-state index in [1.54, 1.807) is 0 Å². The van der Waals surface area contributed by atoms with Crippen molar-refractivity contribution in [1.82, 2.24) is 10.2 Å². The predicted octanol–water partition coefficient (Wildman–Crippen LogP) is 1.10. The summed E-state index contributed by atoms with van der Waals surface area (Å²) in [6.45, 7) is 4.61. The molecule has 1 aliphatic heterocycles. The van der Waals surface area contributed by atoms with Gasteiger partial charge >= 0.3 is 0 Å². The summed E-state index contributed by atoms with van der Waals surface area (Å²) < 4.78 is 0. The Hall–Kier alpha value is -1.65. The third kappa shape index (κ3) is 3.08. The van der Waals surface area contributed by atoms with E-state index >= 15 is 0 Å². The molecule has 2 aliphatic rings. The van der Waals surface area contributed by atoms with E-state index in [0.29, 0.717) is 25.3 Å². The Balaban J connectivity index is 1.88. The minimum Gasteiger partial charge on any atom is -0.355 e. The molecule has 5 heteroatoms. The zero-order valence-corrected chi connectivity index (χ0v) is 12.1. The first-order valence-electron chi connectivity index (χ1n) is 7.27. The van der Waals surface area contributed by atoms with Crippen LogP contribution in [0.25, 0.3) is 0 Å². The van der Waals surface area contributed by atoms with Gasteiger partial charge in [0.25, 0.3) is 0 Å². The number of hydrogen-bond acceptors (Lipinski definition) is 3. The van der Waals surface area contributed by atoms with Gasteiger partial charge < -0.3 is 5.32 Å². The quantitative estimate of drug-likeness (QED) is 0.605. The molecule has 0 radical (unpaired) electrons. The second kappa shape index (κ2) is 6.20. The molecule has 0 aromatic carbocycles. The summed E-state index contributed by atoms with van der Waals surface area (Å²) >= 11 is 0. The molecule has 0 bridgehead atoms. The van der Waals surface area contributed by atoms with Gasteiger partial charge in [-0.2, -0.15) is 0 Å². The normalized spacial score (nSPS) is 25.2. The average Bonchev–Trinajstić information content (AvgIpc) is 2.64. The first-order valence-corrected chi connectivity index (χ1v) is 7.27. The molecule has 2 rings (SSSR count). The molecule has 2 atom stereocenters. The van der Waals surface area contributed by atoms with Crippen LogP contribution in [0.3, 0.4) is 0 Å². The topological polar surface area (TPSA) is 66.5 Å². The summed E-state index contributed by atoms with van der Waals surface area (Å²) in [5.74, 6) is -0.628. The van der Waals surface area contributed by atoms with Crippen molar-refractivity contribution in [1.29, 1.82) is 0 Å². The lowest BCUT2D eigenvalue weighted by Gasteiger charge is -2.14. The number of imide groups is 1. The number of nitrogens with one attached hydrogen (secondary N) is 1. The Labute approximate surface area is 119 Å². The number of likely N-dealkylation sites (tertiary alicyclic amines) is 1. The molecule has 110 valence electrons. The lowest BCUT2D eigenvalue weighted by Crippen LogP contribution is -2.41. The molecular formula is C15H22N2O3. The highest BCUT2D eigenvalue weighted by Crippen LogP contribution is 2.34. The maximum Gasteiger partial charge on any atom is 0.240 e. The third-order valence-corrected chi connectivity index (χ3v) is 3.94. The van der Waals surface area contributed by atoms with Crippen LogP contribution < -0.4 is 5.32 Å². The van der Waals surface area contributed by atoms with Crippen molar-refractivity contribution in [3.8, 4) is 0 Å². The Kier molecular flexibility index (Phi) is 4.57. The van der Waals surface area contributed by atoms with E-state index in [0.717, 1.165) is 11.3 Å². The summed E-state index contributed by atoms with van der Waals surface area (Å²) in [6, 6.07) is 0. The number of fused-ring (bicyclic) bond motifs is 1. The number of hydrogen-bond donors (Lipinski definition) is 1. The highest BCUT2D eigenvalue weighted by atomic mass is 16.2. The van der Waals surface area contributed by atoms with Gasteiger partial charge in [0.15, 0.2) is 0 Å². The Morgan fingerprint density at radius 1 is 1.25 bits per heavy atom. The minimum absolute atomic E-state index is 0.136. The van der Waals surface area contributed by atoms with E-state index in [1.807, 2.05) is 12.2 Å². The fourth-order valence-electron chi connectivity index (χ4n) is 2.72. The van der Waals surface area contributed by atoms with Gasteiger partial charge in [0.1, 0.15) is 6.54 Å². The zero-order chi connectivity index (χ0) is 14.7. The zero-order valence-electron chi connectivity index (χ0n) is 12.1. The summed E-state index contributed by atoms with van der Waals surface area (Å²) in [7, 11) is 0. The molecule has 0 spiro atoms. The van der Waals surface area contributed by atoms with Crippen LogP contribution in [0.5, 0.6) is 0 Å². The standard InChI is InChI=1S/C15H22N2O3/c1-10(2)7-8-16-13(18)9-17-14(19)11-5-3-4-6-12(11)15(17)20/h3-4,10-12H,5-9H2,1-2H3,(H,16,18). The lowest BCUT2D eigenvalue weighted by atomic mass is 9.85. The van der Waals surface area contributed by atoms with Crippen LogP contribution in [0.1, 0.15) is 33.1 Å². The highest BCUT2D eigenvalue weighted by molar-refractivity contribution is 6.07. The summed E-state index contributed by atoms with van der Waals surface area (Å²) in [4.78, 5) is 37.3. The number of carbonyl (C=O) groups is 3. The van der Waals surface area contributed by atoms with E-state index in [4.69, 9.17) is 0 Å². The molecule has 0 aromatic rings. The first kappa shape index (κ1) is 14.8. The van der Waals surface area contributed by atoms with Crippen molar-refractivity contribution in [3.63, 3.8) is 0 Å². The molecule has 0 aromatic heterocycles. The molecular weight excluding hydrogens is 256 g/mol. The van der Waals surface area contributed by atoms with Gasteiger partial charge in [0.2, 0.25) is 17.7 Å². The fourth-order valence-corrected chi connectivity index (χ4v) is 2.72. The van der Waals surface area contributed by atoms with Crippen molar-refractivity contribution >= 4 is 17.7 Å². The average molecular weight is 278 g/mol. The van der Waals surface area contributed by atoms with E-state index in [-0.39, 0.29) is 36.1 Å². The van der Waals surface area contributed by atoms with E-state index in [1.165, 1.54) is 0 Å². The maximum atomic E-state index is 12.2. The van der Waals surface area contributed by atoms with Crippen molar-refractivity contribution < 1.29 is 14.4 Å². The fraction of sp³-hybridized carbons (Fsp3) is 0.667. The van der Waals surface area contributed by atoms with Crippen molar-refractivity contribution in [2.75, 3.05) is 13.1 Å². The van der Waals surface area contributed by atoms with Crippen LogP contribution in [0, 0.1) is 17.8 Å². The van der Waals surface area contributed by atoms with Gasteiger partial charge in [-0.05, 0) is 25.2 Å². The van der Waals surface area contributed by atoms with Gasteiger partial charge in [-0.3, -0.25) is 19.3 Å². The second-order valence-corrected chi connectivity index (χ2v) is 5.95. The smallest absolute Gasteiger partial charge is 0.240 e. The third-order valence-electron chi connectivity index (χ3n) is 3.94. The van der Waals surface area contributed by atoms with Gasteiger partial charge in [-0.15, -0.1) is 0 Å². The summed E-state index contributed by atoms with van der Waals surface area (Å²) in [5, 5.41) is 2.76. The van der Waals surface area contributed by atoms with Crippen molar-refractivity contribution in [2.45, 2.75) is 33.1 Å². The molecule has 1 heterocycles. The molecule has 5 nitrogen and oxygen atoms in total. The molecule has 20 heavy (non-hydrogen) atoms. The first-order chi connectivity index (χ1) is 9.50. The van der Waals surface area contributed by atoms with Crippen molar-refractivity contribution in [2.24, 2.45) is 17.8 Å². The SMILES string of the molecule is CC(C)CCNC(=O)CN1C(=O)C2CC=CCC2C1=O. The molecule has 1 saturated heterocycles. The predicted molar refractivity (Wildman–Crippen MR) is 74.5 cm³/mol. The number of rotatable bonds is 5. The maximum absolute atomic E-state index is 12.2. The van der Waals surface area contributed by atoms with Crippen LogP contribution in [-0.4, -0.2) is 35.7 Å². The minimum atomic E-state index is -0.254. The van der Waals surface area contributed by atoms with Gasteiger partial charge in [0.05, 0.1) is 11.8 Å². The highest BCUT2D eigenvalue weighted by Gasteiger charge is 2.47. The van der Waals surface area contributed by atoms with Crippen LogP contribution in [0.2, 0.25) is 0 Å². The molecule has 1 fully saturated rings. The Morgan fingerprint density at radius 3 is 2.30 bits per heavy atom. The Bertz CT molecular complexity index is 416. The largest absolute Gasteiger partial charge is 0.355 e. The van der Waals surface area contributed by atoms with Crippen LogP contribution in [0.4, 0.5) is 0 Å². The monoisotopic (exact) mass is 278 g/mol. The number of allylic oxidation sites excluding steroid dienone is 2. The molecule has 2 unspecified atom stereocenters. The second-order valence-electron chi connectivity index (χ2n) is 5.95. The van der Waals surface area contributed by atoms with Gasteiger partial charge in [-0.25, -0.2) is 0 Å². The van der Waals surface area contributed by atoms with Crippen molar-refractivity contribution in [3.05, 3.63) is 12.2 Å². The van der Waals surface area contributed by atoms with Crippen LogP contribution >= 0.6 is 0 Å². The molecule has 1 aliphatic carbocycles. The van der Waals surface area contributed by atoms with E-state index in [2.05, 4.69) is 19.2 Å². The van der Waals surface area contributed by atoms with Gasteiger partial charge in [0, 0.05) is 6.54 Å². The number of carbonyl (C=O) groups excluding carboxylic acids is 3. The van der Waals surface area contributed by atoms with Gasteiger partial charge in [-0.1, -0.05) is 26.0 Å². The lowest BCUT2D eigenvalue weighted by molar-refractivity contribution is -0.143. The summed E-state index contributed by atoms with van der Waals surface area (Å²) in [5.41, 5.74) is 0. The molecule has 3 amide bonds.